The summed E-state index contributed by atoms with van der Waals surface area (Å²) in [6.45, 7) is 10.8. The van der Waals surface area contributed by atoms with E-state index < -0.39 is 0 Å². The maximum absolute atomic E-state index is 6.04. The predicted molar refractivity (Wildman–Crippen MR) is 117 cm³/mol. The van der Waals surface area contributed by atoms with Crippen molar-refractivity contribution in [2.45, 2.75) is 33.1 Å². The van der Waals surface area contributed by atoms with E-state index in [1.807, 2.05) is 25.1 Å². The van der Waals surface area contributed by atoms with Gasteiger partial charge in [-0.25, -0.2) is 0 Å². The molecule has 154 valence electrons. The molecule has 0 aliphatic carbocycles. The van der Waals surface area contributed by atoms with Crippen molar-refractivity contribution in [3.8, 4) is 5.75 Å². The highest BCUT2D eigenvalue weighted by atomic mass is 16.6. The van der Waals surface area contributed by atoms with Crippen LogP contribution >= 0.6 is 0 Å². The topological polar surface area (TPSA) is 59.8 Å². The van der Waals surface area contributed by atoms with Crippen LogP contribution in [0.2, 0.25) is 0 Å². The molecule has 1 fully saturated rings. The Kier molecular flexibility index (Phi) is 7.61. The Bertz CT molecular complexity index is 812. The fraction of sp³-hybridized carbons (Fsp3) is 0.435. The summed E-state index contributed by atoms with van der Waals surface area (Å²) in [6, 6.07) is 10.1. The lowest BCUT2D eigenvalue weighted by Crippen LogP contribution is -2.34. The summed E-state index contributed by atoms with van der Waals surface area (Å²) in [7, 11) is 0. The Balaban J connectivity index is 1.40. The number of anilines is 1. The van der Waals surface area contributed by atoms with E-state index in [0.29, 0.717) is 12.5 Å². The molecule has 0 amide bonds. The number of ether oxygens (including phenoxy) is 1. The number of nitrogens with zero attached hydrogens (tertiary/aromatic N) is 4. The van der Waals surface area contributed by atoms with Gasteiger partial charge in [-0.3, -0.25) is 0 Å². The van der Waals surface area contributed by atoms with Crippen molar-refractivity contribution in [3.05, 3.63) is 59.8 Å². The Morgan fingerprint density at radius 1 is 1.17 bits per heavy atom. The molecule has 1 aromatic carbocycles. The largest absolute Gasteiger partial charge is 0.493 e. The maximum atomic E-state index is 6.04. The first-order valence-electron chi connectivity index (χ1n) is 10.2. The Morgan fingerprint density at radius 3 is 2.69 bits per heavy atom. The Hall–Kier alpha value is -2.89. The smallest absolute Gasteiger partial charge is 0.151 e. The highest BCUT2D eigenvalue weighted by Gasteiger charge is 2.20. The first-order valence-corrected chi connectivity index (χ1v) is 10.2. The van der Waals surface area contributed by atoms with Crippen LogP contribution < -0.4 is 9.64 Å². The average molecular weight is 395 g/mol. The summed E-state index contributed by atoms with van der Waals surface area (Å²) in [5.41, 5.74) is 3.05. The van der Waals surface area contributed by atoms with E-state index in [2.05, 4.69) is 45.9 Å². The molecule has 0 saturated carbocycles. The monoisotopic (exact) mass is 394 g/mol. The molecule has 3 rings (SSSR count). The standard InChI is InChI=1S/C23H30N4O2/c1-4-14-29-24-17-21-6-7-22(18(2)16-21)28-15-11-20-9-12-27(13-10-20)23-8-5-19(3)25-26-23/h4-8,16-17,20H,1,9-15H2,2-3H3. The second-order valence-corrected chi connectivity index (χ2v) is 7.44. The minimum absolute atomic E-state index is 0.411. The molecule has 0 N–H and O–H groups in total. The highest BCUT2D eigenvalue weighted by Crippen LogP contribution is 2.25. The SMILES string of the molecule is C=CCON=Cc1ccc(OCCC2CCN(c3ccc(C)nn3)CC2)c(C)c1. The normalized spacial score (nSPS) is 14.9. The molecule has 0 atom stereocenters. The molecule has 0 radical (unpaired) electrons. The molecule has 1 aliphatic heterocycles. The summed E-state index contributed by atoms with van der Waals surface area (Å²) < 4.78 is 6.04. The number of benzene rings is 1. The molecule has 1 aromatic heterocycles. The molecule has 2 aromatic rings. The number of hydrogen-bond acceptors (Lipinski definition) is 6. The van der Waals surface area contributed by atoms with Crippen molar-refractivity contribution in [2.75, 3.05) is 31.2 Å². The number of aryl methyl sites for hydroxylation is 2. The summed E-state index contributed by atoms with van der Waals surface area (Å²) in [4.78, 5) is 7.37. The third-order valence-corrected chi connectivity index (χ3v) is 5.17. The number of aromatic nitrogens is 2. The average Bonchev–Trinajstić information content (AvgIpc) is 2.74. The van der Waals surface area contributed by atoms with Gasteiger partial charge in [-0.2, -0.15) is 5.10 Å². The van der Waals surface area contributed by atoms with Gasteiger partial charge in [0.05, 0.1) is 18.5 Å². The van der Waals surface area contributed by atoms with Gasteiger partial charge in [0.15, 0.2) is 5.82 Å². The molecular formula is C23H30N4O2. The van der Waals surface area contributed by atoms with Crippen molar-refractivity contribution in [3.63, 3.8) is 0 Å². The van der Waals surface area contributed by atoms with Crippen LogP contribution in [0.3, 0.4) is 0 Å². The zero-order chi connectivity index (χ0) is 20.5. The molecule has 6 heteroatoms. The van der Waals surface area contributed by atoms with Crippen LogP contribution in [0.1, 0.15) is 36.1 Å². The molecule has 2 heterocycles. The van der Waals surface area contributed by atoms with E-state index in [1.165, 1.54) is 0 Å². The summed E-state index contributed by atoms with van der Waals surface area (Å²) in [5, 5.41) is 12.4. The van der Waals surface area contributed by atoms with Crippen LogP contribution in [0.15, 0.2) is 48.1 Å². The van der Waals surface area contributed by atoms with Crippen molar-refractivity contribution in [2.24, 2.45) is 11.1 Å². The van der Waals surface area contributed by atoms with Crippen molar-refractivity contribution < 1.29 is 9.57 Å². The van der Waals surface area contributed by atoms with Gasteiger partial charge in [-0.15, -0.1) is 5.10 Å². The molecule has 1 saturated heterocycles. The van der Waals surface area contributed by atoms with E-state index in [9.17, 15) is 0 Å². The van der Waals surface area contributed by atoms with E-state index in [0.717, 1.165) is 67.3 Å². The Labute approximate surface area is 173 Å². The van der Waals surface area contributed by atoms with Gasteiger partial charge in [0.2, 0.25) is 0 Å². The van der Waals surface area contributed by atoms with E-state index in [1.54, 1.807) is 12.3 Å². The zero-order valence-corrected chi connectivity index (χ0v) is 17.4. The lowest BCUT2D eigenvalue weighted by molar-refractivity contribution is 0.176. The third kappa shape index (κ3) is 6.31. The molecule has 29 heavy (non-hydrogen) atoms. The molecule has 0 bridgehead atoms. The van der Waals surface area contributed by atoms with Gasteiger partial charge in [-0.05, 0) is 80.5 Å². The van der Waals surface area contributed by atoms with Crippen LogP contribution in [0.4, 0.5) is 5.82 Å². The van der Waals surface area contributed by atoms with Crippen molar-refractivity contribution >= 4 is 12.0 Å². The number of piperidine rings is 1. The maximum Gasteiger partial charge on any atom is 0.151 e. The minimum atomic E-state index is 0.411. The number of rotatable bonds is 9. The predicted octanol–water partition coefficient (Wildman–Crippen LogP) is 4.32. The second-order valence-electron chi connectivity index (χ2n) is 7.44. The molecule has 6 nitrogen and oxygen atoms in total. The van der Waals surface area contributed by atoms with Gasteiger partial charge >= 0.3 is 0 Å². The van der Waals surface area contributed by atoms with Crippen LogP contribution in [-0.4, -0.2) is 42.7 Å². The van der Waals surface area contributed by atoms with Crippen LogP contribution in [0, 0.1) is 19.8 Å². The van der Waals surface area contributed by atoms with Crippen molar-refractivity contribution in [1.82, 2.24) is 10.2 Å². The molecule has 1 aliphatic rings. The van der Waals surface area contributed by atoms with E-state index >= 15 is 0 Å². The van der Waals surface area contributed by atoms with Gasteiger partial charge in [-0.1, -0.05) is 17.8 Å². The lowest BCUT2D eigenvalue weighted by Gasteiger charge is -2.32. The van der Waals surface area contributed by atoms with E-state index in [4.69, 9.17) is 9.57 Å². The zero-order valence-electron chi connectivity index (χ0n) is 17.4. The summed E-state index contributed by atoms with van der Waals surface area (Å²) in [6.07, 6.45) is 6.77. The van der Waals surface area contributed by atoms with Crippen LogP contribution in [0.5, 0.6) is 5.75 Å². The quantitative estimate of drug-likeness (QED) is 0.274. The third-order valence-electron chi connectivity index (χ3n) is 5.17. The van der Waals surface area contributed by atoms with E-state index in [-0.39, 0.29) is 0 Å². The molecule has 0 unspecified atom stereocenters. The molecule has 0 spiro atoms. The minimum Gasteiger partial charge on any atom is -0.493 e. The Morgan fingerprint density at radius 2 is 2.00 bits per heavy atom. The highest BCUT2D eigenvalue weighted by molar-refractivity contribution is 5.79. The second kappa shape index (κ2) is 10.6. The van der Waals surface area contributed by atoms with Crippen molar-refractivity contribution in [1.29, 1.82) is 0 Å². The fourth-order valence-electron chi connectivity index (χ4n) is 3.46. The van der Waals surface area contributed by atoms with Gasteiger partial charge in [0.1, 0.15) is 12.4 Å². The first-order chi connectivity index (χ1) is 14.2. The fourth-order valence-corrected chi connectivity index (χ4v) is 3.46. The number of oxime groups is 1. The van der Waals surface area contributed by atoms with Gasteiger partial charge < -0.3 is 14.5 Å². The molecular weight excluding hydrogens is 364 g/mol. The summed E-state index contributed by atoms with van der Waals surface area (Å²) >= 11 is 0. The lowest BCUT2D eigenvalue weighted by atomic mass is 9.94. The summed E-state index contributed by atoms with van der Waals surface area (Å²) in [5.74, 6) is 2.61. The van der Waals surface area contributed by atoms with Gasteiger partial charge in [0, 0.05) is 13.1 Å². The van der Waals surface area contributed by atoms with Gasteiger partial charge in [0.25, 0.3) is 0 Å². The first kappa shape index (κ1) is 20.8. The number of hydrogen-bond donors (Lipinski definition) is 0. The van der Waals surface area contributed by atoms with Crippen LogP contribution in [0.25, 0.3) is 0 Å². The van der Waals surface area contributed by atoms with Crippen LogP contribution in [-0.2, 0) is 4.84 Å².